The Kier molecular flexibility index (Phi) is 4.54. The van der Waals surface area contributed by atoms with Crippen LogP contribution in [0.25, 0.3) is 0 Å². The zero-order valence-electron chi connectivity index (χ0n) is 9.77. The SMILES string of the molecule is CC1CN(C(=O)NCCC(=O)O)CCN1C. The molecule has 1 saturated heterocycles. The predicted octanol–water partition coefficient (Wildman–Crippen LogP) is -0.193. The summed E-state index contributed by atoms with van der Waals surface area (Å²) in [5, 5.41) is 11.0. The minimum absolute atomic E-state index is 0.0327. The van der Waals surface area contributed by atoms with Crippen molar-refractivity contribution in [3.05, 3.63) is 0 Å². The molecule has 1 atom stereocenters. The second-order valence-electron chi connectivity index (χ2n) is 4.15. The number of carbonyl (C=O) groups excluding carboxylic acids is 1. The van der Waals surface area contributed by atoms with E-state index in [0.29, 0.717) is 19.1 Å². The van der Waals surface area contributed by atoms with Crippen molar-refractivity contribution < 1.29 is 14.7 Å². The third-order valence-electron chi connectivity index (χ3n) is 2.86. The fourth-order valence-corrected chi connectivity index (χ4v) is 1.62. The highest BCUT2D eigenvalue weighted by atomic mass is 16.4. The van der Waals surface area contributed by atoms with Gasteiger partial charge < -0.3 is 20.2 Å². The molecular weight excluding hydrogens is 210 g/mol. The Morgan fingerprint density at radius 3 is 2.69 bits per heavy atom. The Labute approximate surface area is 95.2 Å². The molecule has 1 rings (SSSR count). The van der Waals surface area contributed by atoms with E-state index in [-0.39, 0.29) is 19.0 Å². The quantitative estimate of drug-likeness (QED) is 0.703. The second-order valence-corrected chi connectivity index (χ2v) is 4.15. The number of likely N-dealkylation sites (N-methyl/N-ethyl adjacent to an activating group) is 1. The first-order valence-electron chi connectivity index (χ1n) is 5.45. The molecule has 1 unspecified atom stereocenters. The van der Waals surface area contributed by atoms with Crippen LogP contribution in [0.5, 0.6) is 0 Å². The van der Waals surface area contributed by atoms with Gasteiger partial charge in [-0.05, 0) is 14.0 Å². The van der Waals surface area contributed by atoms with E-state index in [1.54, 1.807) is 4.90 Å². The minimum atomic E-state index is -0.896. The maximum Gasteiger partial charge on any atom is 0.317 e. The van der Waals surface area contributed by atoms with Crippen LogP contribution in [0.4, 0.5) is 4.79 Å². The number of piperazine rings is 1. The van der Waals surface area contributed by atoms with Crippen LogP contribution in [0.15, 0.2) is 0 Å². The summed E-state index contributed by atoms with van der Waals surface area (Å²) >= 11 is 0. The van der Waals surface area contributed by atoms with Gasteiger partial charge in [0.05, 0.1) is 6.42 Å². The normalized spacial score (nSPS) is 21.9. The Bertz CT molecular complexity index is 270. The molecule has 0 aliphatic carbocycles. The van der Waals surface area contributed by atoms with Crippen LogP contribution in [0, 0.1) is 0 Å². The van der Waals surface area contributed by atoms with Crippen molar-refractivity contribution in [3.8, 4) is 0 Å². The van der Waals surface area contributed by atoms with Gasteiger partial charge in [0.15, 0.2) is 0 Å². The molecule has 0 bridgehead atoms. The predicted molar refractivity (Wildman–Crippen MR) is 59.3 cm³/mol. The largest absolute Gasteiger partial charge is 0.481 e. The van der Waals surface area contributed by atoms with Gasteiger partial charge in [0.1, 0.15) is 0 Å². The Balaban J connectivity index is 2.29. The van der Waals surface area contributed by atoms with Gasteiger partial charge in [-0.15, -0.1) is 0 Å². The molecule has 0 saturated carbocycles. The summed E-state index contributed by atoms with van der Waals surface area (Å²) in [5.41, 5.74) is 0. The summed E-state index contributed by atoms with van der Waals surface area (Å²) in [7, 11) is 2.03. The van der Waals surface area contributed by atoms with E-state index in [2.05, 4.69) is 17.1 Å². The molecule has 92 valence electrons. The lowest BCUT2D eigenvalue weighted by molar-refractivity contribution is -0.136. The standard InChI is InChI=1S/C10H19N3O3/c1-8-7-13(6-5-12(8)2)10(16)11-4-3-9(14)15/h8H,3-7H2,1-2H3,(H,11,16)(H,14,15). The zero-order chi connectivity index (χ0) is 12.1. The van der Waals surface area contributed by atoms with Crippen molar-refractivity contribution in [3.63, 3.8) is 0 Å². The number of aliphatic carboxylic acids is 1. The molecule has 2 N–H and O–H groups in total. The van der Waals surface area contributed by atoms with Gasteiger partial charge in [-0.2, -0.15) is 0 Å². The molecule has 2 amide bonds. The number of nitrogens with one attached hydrogen (secondary N) is 1. The van der Waals surface area contributed by atoms with Crippen LogP contribution in [-0.4, -0.2) is 66.2 Å². The summed E-state index contributed by atoms with van der Waals surface area (Å²) in [6, 6.07) is 0.181. The van der Waals surface area contributed by atoms with Gasteiger partial charge in [0.2, 0.25) is 0 Å². The number of hydrogen-bond acceptors (Lipinski definition) is 3. The first kappa shape index (κ1) is 12.8. The lowest BCUT2D eigenvalue weighted by atomic mass is 10.2. The average molecular weight is 229 g/mol. The zero-order valence-corrected chi connectivity index (χ0v) is 9.77. The molecule has 1 aliphatic heterocycles. The summed E-state index contributed by atoms with van der Waals surface area (Å²) in [5.74, 6) is -0.896. The smallest absolute Gasteiger partial charge is 0.317 e. The first-order valence-corrected chi connectivity index (χ1v) is 5.45. The molecule has 1 aliphatic rings. The van der Waals surface area contributed by atoms with E-state index < -0.39 is 5.97 Å². The van der Waals surface area contributed by atoms with E-state index in [1.807, 2.05) is 7.05 Å². The molecule has 1 fully saturated rings. The van der Waals surface area contributed by atoms with E-state index in [0.717, 1.165) is 6.54 Å². The van der Waals surface area contributed by atoms with Crippen LogP contribution in [0.2, 0.25) is 0 Å². The van der Waals surface area contributed by atoms with Crippen LogP contribution in [-0.2, 0) is 4.79 Å². The van der Waals surface area contributed by atoms with E-state index in [9.17, 15) is 9.59 Å². The monoisotopic (exact) mass is 229 g/mol. The van der Waals surface area contributed by atoms with Crippen LogP contribution >= 0.6 is 0 Å². The molecule has 0 radical (unpaired) electrons. The molecule has 6 heteroatoms. The average Bonchev–Trinajstić information content (AvgIpc) is 2.21. The first-order chi connectivity index (χ1) is 7.50. The van der Waals surface area contributed by atoms with Crippen LogP contribution < -0.4 is 5.32 Å². The Morgan fingerprint density at radius 1 is 1.44 bits per heavy atom. The summed E-state index contributed by atoms with van der Waals surface area (Å²) < 4.78 is 0. The minimum Gasteiger partial charge on any atom is -0.481 e. The van der Waals surface area contributed by atoms with Crippen molar-refractivity contribution in [2.75, 3.05) is 33.2 Å². The third kappa shape index (κ3) is 3.69. The Morgan fingerprint density at radius 2 is 2.12 bits per heavy atom. The lowest BCUT2D eigenvalue weighted by Crippen LogP contribution is -2.54. The Hall–Kier alpha value is -1.30. The molecule has 0 aromatic carbocycles. The highest BCUT2D eigenvalue weighted by Crippen LogP contribution is 2.06. The fourth-order valence-electron chi connectivity index (χ4n) is 1.62. The maximum absolute atomic E-state index is 11.6. The van der Waals surface area contributed by atoms with E-state index in [1.165, 1.54) is 0 Å². The number of nitrogens with zero attached hydrogens (tertiary/aromatic N) is 2. The van der Waals surface area contributed by atoms with Crippen molar-refractivity contribution in [2.45, 2.75) is 19.4 Å². The van der Waals surface area contributed by atoms with Crippen LogP contribution in [0.1, 0.15) is 13.3 Å². The van der Waals surface area contributed by atoms with Crippen molar-refractivity contribution in [1.82, 2.24) is 15.1 Å². The van der Waals surface area contributed by atoms with Gasteiger partial charge in [-0.25, -0.2) is 4.79 Å². The summed E-state index contributed by atoms with van der Waals surface area (Å²) in [4.78, 5) is 25.8. The number of carboxylic acid groups (broad SMARTS) is 1. The van der Waals surface area contributed by atoms with Crippen molar-refractivity contribution >= 4 is 12.0 Å². The summed E-state index contributed by atoms with van der Waals surface area (Å²) in [6.07, 6.45) is -0.0327. The molecule has 1 heterocycles. The number of carbonyl (C=O) groups is 2. The number of urea groups is 1. The molecule has 0 spiro atoms. The van der Waals surface area contributed by atoms with Crippen molar-refractivity contribution in [2.24, 2.45) is 0 Å². The van der Waals surface area contributed by atoms with Crippen LogP contribution in [0.3, 0.4) is 0 Å². The topological polar surface area (TPSA) is 72.9 Å². The van der Waals surface area contributed by atoms with E-state index in [4.69, 9.17) is 5.11 Å². The number of carboxylic acids is 1. The molecular formula is C10H19N3O3. The summed E-state index contributed by atoms with van der Waals surface area (Å²) in [6.45, 7) is 4.49. The number of amides is 2. The molecule has 0 aromatic rings. The molecule has 16 heavy (non-hydrogen) atoms. The van der Waals surface area contributed by atoms with Gasteiger partial charge in [0.25, 0.3) is 0 Å². The maximum atomic E-state index is 11.6. The third-order valence-corrected chi connectivity index (χ3v) is 2.86. The van der Waals surface area contributed by atoms with Gasteiger partial charge in [-0.3, -0.25) is 4.79 Å². The highest BCUT2D eigenvalue weighted by molar-refractivity contribution is 5.75. The number of rotatable bonds is 3. The van der Waals surface area contributed by atoms with Gasteiger partial charge >= 0.3 is 12.0 Å². The van der Waals surface area contributed by atoms with E-state index >= 15 is 0 Å². The van der Waals surface area contributed by atoms with Gasteiger partial charge in [0, 0.05) is 32.2 Å². The number of hydrogen-bond donors (Lipinski definition) is 2. The lowest BCUT2D eigenvalue weighted by Gasteiger charge is -2.37. The van der Waals surface area contributed by atoms with Crippen molar-refractivity contribution in [1.29, 1.82) is 0 Å². The fraction of sp³-hybridized carbons (Fsp3) is 0.800. The van der Waals surface area contributed by atoms with Gasteiger partial charge in [-0.1, -0.05) is 0 Å². The second kappa shape index (κ2) is 5.69. The molecule has 6 nitrogen and oxygen atoms in total. The molecule has 0 aromatic heterocycles. The highest BCUT2D eigenvalue weighted by Gasteiger charge is 2.23.